The van der Waals surface area contributed by atoms with E-state index in [4.69, 9.17) is 14.2 Å². The zero-order valence-corrected chi connectivity index (χ0v) is 15.5. The van der Waals surface area contributed by atoms with Crippen LogP contribution in [0, 0.1) is 5.92 Å². The first-order chi connectivity index (χ1) is 13.4. The molecule has 0 aliphatic carbocycles. The van der Waals surface area contributed by atoms with Crippen molar-refractivity contribution in [2.45, 2.75) is 18.5 Å². The highest BCUT2D eigenvalue weighted by Crippen LogP contribution is 2.38. The Labute approximate surface area is 161 Å². The van der Waals surface area contributed by atoms with Crippen LogP contribution in [-0.4, -0.2) is 38.4 Å². The molecule has 4 rings (SSSR count). The first kappa shape index (κ1) is 18.9. The summed E-state index contributed by atoms with van der Waals surface area (Å²) in [5.41, 5.74) is 0.126. The standard InChI is InChI=1S/C21H22F3NO3/c1-25-8-7-18(14-3-2-4-16(9-14)21(22,23)24)15(11-25)12-26-17-5-6-19-20(10-17)28-13-27-19/h2-6,9-10,15,18H,7-8,11-13H2,1H3. The molecule has 0 N–H and O–H groups in total. The first-order valence-corrected chi connectivity index (χ1v) is 9.28. The van der Waals surface area contributed by atoms with Crippen LogP contribution in [0.1, 0.15) is 23.5 Å². The van der Waals surface area contributed by atoms with E-state index in [1.165, 1.54) is 12.1 Å². The third-order valence-electron chi connectivity index (χ3n) is 5.39. The number of likely N-dealkylation sites (tertiary alicyclic amines) is 1. The minimum Gasteiger partial charge on any atom is -0.493 e. The van der Waals surface area contributed by atoms with Gasteiger partial charge in [0.25, 0.3) is 0 Å². The molecule has 28 heavy (non-hydrogen) atoms. The molecule has 0 saturated carbocycles. The van der Waals surface area contributed by atoms with Crippen LogP contribution in [0.4, 0.5) is 13.2 Å². The van der Waals surface area contributed by atoms with Gasteiger partial charge in [-0.15, -0.1) is 0 Å². The molecule has 0 amide bonds. The fourth-order valence-electron chi connectivity index (χ4n) is 3.94. The van der Waals surface area contributed by atoms with Gasteiger partial charge in [-0.1, -0.05) is 18.2 Å². The molecule has 150 valence electrons. The molecule has 0 aromatic heterocycles. The molecule has 2 aromatic carbocycles. The number of alkyl halides is 3. The van der Waals surface area contributed by atoms with Crippen molar-refractivity contribution in [2.75, 3.05) is 33.5 Å². The molecule has 2 aromatic rings. The first-order valence-electron chi connectivity index (χ1n) is 9.28. The van der Waals surface area contributed by atoms with Gasteiger partial charge in [0, 0.05) is 18.5 Å². The van der Waals surface area contributed by atoms with Gasteiger partial charge in [-0.3, -0.25) is 0 Å². The number of ether oxygens (including phenoxy) is 3. The number of halogens is 3. The van der Waals surface area contributed by atoms with Crippen LogP contribution < -0.4 is 14.2 Å². The summed E-state index contributed by atoms with van der Waals surface area (Å²) in [5, 5.41) is 0. The SMILES string of the molecule is CN1CCC(c2cccc(C(F)(F)F)c2)C(COc2ccc3c(c2)OCO3)C1. The second kappa shape index (κ2) is 7.54. The Morgan fingerprint density at radius 1 is 1.11 bits per heavy atom. The number of benzene rings is 2. The topological polar surface area (TPSA) is 30.9 Å². The zero-order chi connectivity index (χ0) is 19.7. The Hall–Kier alpha value is -2.41. The molecule has 0 bridgehead atoms. The monoisotopic (exact) mass is 393 g/mol. The number of piperidine rings is 1. The van der Waals surface area contributed by atoms with E-state index in [-0.39, 0.29) is 18.6 Å². The molecule has 1 fully saturated rings. The van der Waals surface area contributed by atoms with Crippen LogP contribution in [0.15, 0.2) is 42.5 Å². The highest BCUT2D eigenvalue weighted by Gasteiger charge is 2.34. The lowest BCUT2D eigenvalue weighted by Gasteiger charge is -2.37. The fraction of sp³-hybridized carbons (Fsp3) is 0.429. The molecule has 4 nitrogen and oxygen atoms in total. The molecule has 2 unspecified atom stereocenters. The summed E-state index contributed by atoms with van der Waals surface area (Å²) in [7, 11) is 2.02. The number of rotatable bonds is 4. The maximum Gasteiger partial charge on any atom is 0.416 e. The van der Waals surface area contributed by atoms with Crippen LogP contribution in [0.5, 0.6) is 17.2 Å². The third kappa shape index (κ3) is 4.04. The lowest BCUT2D eigenvalue weighted by Crippen LogP contribution is -2.39. The van der Waals surface area contributed by atoms with Crippen molar-refractivity contribution in [3.63, 3.8) is 0 Å². The number of fused-ring (bicyclic) bond motifs is 1. The molecular formula is C21H22F3NO3. The molecule has 0 spiro atoms. The lowest BCUT2D eigenvalue weighted by atomic mass is 9.80. The summed E-state index contributed by atoms with van der Waals surface area (Å²) in [5.74, 6) is 2.11. The second-order valence-electron chi connectivity index (χ2n) is 7.37. The van der Waals surface area contributed by atoms with Gasteiger partial charge in [-0.05, 0) is 49.7 Å². The Morgan fingerprint density at radius 3 is 2.75 bits per heavy atom. The summed E-state index contributed by atoms with van der Waals surface area (Å²) in [6, 6.07) is 11.1. The molecule has 2 aliphatic heterocycles. The van der Waals surface area contributed by atoms with E-state index in [1.807, 2.05) is 13.1 Å². The van der Waals surface area contributed by atoms with Crippen molar-refractivity contribution in [1.29, 1.82) is 0 Å². The van der Waals surface area contributed by atoms with Gasteiger partial charge in [0.1, 0.15) is 5.75 Å². The average Bonchev–Trinajstić information content (AvgIpc) is 3.14. The van der Waals surface area contributed by atoms with Crippen molar-refractivity contribution < 1.29 is 27.4 Å². The Bertz CT molecular complexity index is 840. The molecular weight excluding hydrogens is 371 g/mol. The maximum atomic E-state index is 13.1. The largest absolute Gasteiger partial charge is 0.493 e. The summed E-state index contributed by atoms with van der Waals surface area (Å²) >= 11 is 0. The Morgan fingerprint density at radius 2 is 1.93 bits per heavy atom. The van der Waals surface area contributed by atoms with Gasteiger partial charge in [0.15, 0.2) is 11.5 Å². The van der Waals surface area contributed by atoms with E-state index in [0.717, 1.165) is 31.1 Å². The molecule has 1 saturated heterocycles. The number of nitrogens with zero attached hydrogens (tertiary/aromatic N) is 1. The van der Waals surface area contributed by atoms with Crippen molar-refractivity contribution in [1.82, 2.24) is 4.90 Å². The van der Waals surface area contributed by atoms with Gasteiger partial charge in [0.2, 0.25) is 6.79 Å². The lowest BCUT2D eigenvalue weighted by molar-refractivity contribution is -0.137. The van der Waals surface area contributed by atoms with Crippen LogP contribution >= 0.6 is 0 Å². The second-order valence-corrected chi connectivity index (χ2v) is 7.37. The maximum absolute atomic E-state index is 13.1. The smallest absolute Gasteiger partial charge is 0.416 e. The van der Waals surface area contributed by atoms with Crippen LogP contribution in [0.3, 0.4) is 0 Å². The third-order valence-corrected chi connectivity index (χ3v) is 5.39. The van der Waals surface area contributed by atoms with Crippen molar-refractivity contribution in [3.05, 3.63) is 53.6 Å². The highest BCUT2D eigenvalue weighted by atomic mass is 19.4. The highest BCUT2D eigenvalue weighted by molar-refractivity contribution is 5.46. The zero-order valence-electron chi connectivity index (χ0n) is 15.5. The minimum atomic E-state index is -4.33. The predicted molar refractivity (Wildman–Crippen MR) is 97.8 cm³/mol. The van der Waals surface area contributed by atoms with Gasteiger partial charge >= 0.3 is 6.18 Å². The van der Waals surface area contributed by atoms with Crippen LogP contribution in [-0.2, 0) is 6.18 Å². The molecule has 7 heteroatoms. The quantitative estimate of drug-likeness (QED) is 0.763. The fourth-order valence-corrected chi connectivity index (χ4v) is 3.94. The minimum absolute atomic E-state index is 0.0208. The molecule has 0 radical (unpaired) electrons. The van der Waals surface area contributed by atoms with Crippen molar-refractivity contribution >= 4 is 0 Å². The molecule has 2 atom stereocenters. The Balaban J connectivity index is 1.50. The predicted octanol–water partition coefficient (Wildman–Crippen LogP) is 4.55. The summed E-state index contributed by atoms with van der Waals surface area (Å²) in [4.78, 5) is 2.19. The number of hydrogen-bond donors (Lipinski definition) is 0. The van der Waals surface area contributed by atoms with Crippen LogP contribution in [0.25, 0.3) is 0 Å². The van der Waals surface area contributed by atoms with Gasteiger partial charge in [-0.25, -0.2) is 0 Å². The molecule has 2 heterocycles. The normalized spacial score (nSPS) is 22.3. The van der Waals surface area contributed by atoms with Crippen molar-refractivity contribution in [2.24, 2.45) is 5.92 Å². The Kier molecular flexibility index (Phi) is 5.10. The summed E-state index contributed by atoms with van der Waals surface area (Å²) in [6.07, 6.45) is -3.53. The van der Waals surface area contributed by atoms with E-state index in [2.05, 4.69) is 4.90 Å². The van der Waals surface area contributed by atoms with Gasteiger partial charge in [-0.2, -0.15) is 13.2 Å². The van der Waals surface area contributed by atoms with E-state index in [0.29, 0.717) is 23.9 Å². The van der Waals surface area contributed by atoms with Gasteiger partial charge < -0.3 is 19.1 Å². The van der Waals surface area contributed by atoms with E-state index in [9.17, 15) is 13.2 Å². The summed E-state index contributed by atoms with van der Waals surface area (Å²) in [6.45, 7) is 2.24. The summed E-state index contributed by atoms with van der Waals surface area (Å²) < 4.78 is 56.0. The number of hydrogen-bond acceptors (Lipinski definition) is 4. The molecule has 2 aliphatic rings. The van der Waals surface area contributed by atoms with Gasteiger partial charge in [0.05, 0.1) is 12.2 Å². The van der Waals surface area contributed by atoms with E-state index < -0.39 is 11.7 Å². The average molecular weight is 393 g/mol. The van der Waals surface area contributed by atoms with Crippen molar-refractivity contribution in [3.8, 4) is 17.2 Å². The van der Waals surface area contributed by atoms with E-state index >= 15 is 0 Å². The van der Waals surface area contributed by atoms with E-state index in [1.54, 1.807) is 18.2 Å². The van der Waals surface area contributed by atoms with Crippen LogP contribution in [0.2, 0.25) is 0 Å².